The molecule has 0 atom stereocenters. The molecule has 0 amide bonds. The van der Waals surface area contributed by atoms with Gasteiger partial charge >= 0.3 is 0 Å². The Morgan fingerprint density at radius 3 is 2.25 bits per heavy atom. The van der Waals surface area contributed by atoms with Crippen LogP contribution >= 0.6 is 0 Å². The molecule has 4 aromatic rings. The van der Waals surface area contributed by atoms with Gasteiger partial charge < -0.3 is 9.64 Å². The number of benzene rings is 3. The lowest BCUT2D eigenvalue weighted by Crippen LogP contribution is -2.10. The predicted octanol–water partition coefficient (Wildman–Crippen LogP) is 5.78. The van der Waals surface area contributed by atoms with Crippen LogP contribution in [0.25, 0.3) is 33.3 Å². The van der Waals surface area contributed by atoms with E-state index in [1.54, 1.807) is 13.2 Å². The molecule has 0 N–H and O–H groups in total. The van der Waals surface area contributed by atoms with E-state index in [2.05, 4.69) is 17.0 Å². The third-order valence-electron chi connectivity index (χ3n) is 4.81. The fraction of sp³-hybridized carbons (Fsp3) is 0.125. The highest BCUT2D eigenvalue weighted by molar-refractivity contribution is 5.96. The van der Waals surface area contributed by atoms with Gasteiger partial charge in [0.1, 0.15) is 11.6 Å². The van der Waals surface area contributed by atoms with Crippen molar-refractivity contribution in [2.24, 2.45) is 0 Å². The second kappa shape index (κ2) is 7.31. The summed E-state index contributed by atoms with van der Waals surface area (Å²) < 4.78 is 18.9. The fourth-order valence-electron chi connectivity index (χ4n) is 3.34. The van der Waals surface area contributed by atoms with Crippen LogP contribution in [0.5, 0.6) is 5.75 Å². The summed E-state index contributed by atoms with van der Waals surface area (Å²) in [6.45, 7) is 0. The topological polar surface area (TPSA) is 25.4 Å². The molecule has 0 saturated carbocycles. The minimum absolute atomic E-state index is 0.263. The lowest BCUT2D eigenvalue weighted by molar-refractivity contribution is 0.415. The Morgan fingerprint density at radius 1 is 0.821 bits per heavy atom. The molecular formula is C24H21FN2O. The average Bonchev–Trinajstić information content (AvgIpc) is 2.72. The van der Waals surface area contributed by atoms with Crippen LogP contribution in [0.1, 0.15) is 0 Å². The first-order valence-corrected chi connectivity index (χ1v) is 9.07. The minimum atomic E-state index is -0.263. The number of anilines is 1. The second-order valence-corrected chi connectivity index (χ2v) is 6.89. The molecule has 1 heterocycles. The molecule has 0 bridgehead atoms. The molecule has 0 spiro atoms. The van der Waals surface area contributed by atoms with Crippen molar-refractivity contribution in [3.8, 4) is 28.1 Å². The number of pyridine rings is 1. The predicted molar refractivity (Wildman–Crippen MR) is 113 cm³/mol. The van der Waals surface area contributed by atoms with Crippen molar-refractivity contribution in [3.05, 3.63) is 78.6 Å². The summed E-state index contributed by atoms with van der Waals surface area (Å²) in [5, 5.41) is 1.05. The number of hydrogen-bond donors (Lipinski definition) is 0. The van der Waals surface area contributed by atoms with Crippen LogP contribution in [0.3, 0.4) is 0 Å². The Bertz CT molecular complexity index is 1140. The summed E-state index contributed by atoms with van der Waals surface area (Å²) in [6, 6.07) is 22.8. The normalized spacial score (nSPS) is 10.9. The monoisotopic (exact) mass is 372 g/mol. The molecule has 1 aromatic heterocycles. The maximum absolute atomic E-state index is 13.7. The third-order valence-corrected chi connectivity index (χ3v) is 4.81. The Morgan fingerprint density at radius 2 is 1.57 bits per heavy atom. The van der Waals surface area contributed by atoms with Crippen molar-refractivity contribution in [2.75, 3.05) is 26.1 Å². The van der Waals surface area contributed by atoms with Crippen LogP contribution in [0, 0.1) is 5.82 Å². The van der Waals surface area contributed by atoms with Crippen molar-refractivity contribution < 1.29 is 9.13 Å². The summed E-state index contributed by atoms with van der Waals surface area (Å²) in [4.78, 5) is 6.84. The molecule has 0 radical (unpaired) electrons. The summed E-state index contributed by atoms with van der Waals surface area (Å²) in [6.07, 6.45) is 0. The number of rotatable bonds is 4. The average molecular weight is 372 g/mol. The fourth-order valence-corrected chi connectivity index (χ4v) is 3.34. The quantitative estimate of drug-likeness (QED) is 0.454. The lowest BCUT2D eigenvalue weighted by atomic mass is 10.0. The van der Waals surface area contributed by atoms with Gasteiger partial charge in [0.05, 0.1) is 18.3 Å². The van der Waals surface area contributed by atoms with Crippen LogP contribution in [-0.4, -0.2) is 26.2 Å². The maximum Gasteiger partial charge on any atom is 0.123 e. The van der Waals surface area contributed by atoms with Crippen LogP contribution < -0.4 is 9.64 Å². The van der Waals surface area contributed by atoms with Gasteiger partial charge in [-0.15, -0.1) is 0 Å². The molecule has 0 aliphatic heterocycles. The summed E-state index contributed by atoms with van der Waals surface area (Å²) >= 11 is 0. The molecule has 140 valence electrons. The van der Waals surface area contributed by atoms with Gasteiger partial charge in [-0.1, -0.05) is 30.3 Å². The first-order chi connectivity index (χ1) is 13.5. The molecule has 3 nitrogen and oxygen atoms in total. The molecular weight excluding hydrogens is 351 g/mol. The Kier molecular flexibility index (Phi) is 4.70. The summed E-state index contributed by atoms with van der Waals surface area (Å²) in [5.41, 5.74) is 5.67. The van der Waals surface area contributed by atoms with Crippen molar-refractivity contribution in [1.29, 1.82) is 0 Å². The van der Waals surface area contributed by atoms with Gasteiger partial charge in [-0.25, -0.2) is 9.37 Å². The zero-order chi connectivity index (χ0) is 19.7. The number of methoxy groups -OCH3 is 1. The van der Waals surface area contributed by atoms with Crippen molar-refractivity contribution >= 4 is 16.6 Å². The molecule has 3 aromatic carbocycles. The zero-order valence-electron chi connectivity index (χ0n) is 16.1. The van der Waals surface area contributed by atoms with Gasteiger partial charge in [0.25, 0.3) is 0 Å². The van der Waals surface area contributed by atoms with Crippen molar-refractivity contribution in [3.63, 3.8) is 0 Å². The van der Waals surface area contributed by atoms with E-state index in [4.69, 9.17) is 9.72 Å². The van der Waals surface area contributed by atoms with Gasteiger partial charge in [0.2, 0.25) is 0 Å². The van der Waals surface area contributed by atoms with Crippen molar-refractivity contribution in [1.82, 2.24) is 4.98 Å². The van der Waals surface area contributed by atoms with E-state index < -0.39 is 0 Å². The summed E-state index contributed by atoms with van der Waals surface area (Å²) in [5.74, 6) is 0.570. The molecule has 28 heavy (non-hydrogen) atoms. The third kappa shape index (κ3) is 3.41. The molecule has 4 heteroatoms. The number of aromatic nitrogens is 1. The Balaban J connectivity index is 1.86. The van der Waals surface area contributed by atoms with Gasteiger partial charge in [-0.3, -0.25) is 0 Å². The molecule has 4 rings (SSSR count). The number of ether oxygens (including phenoxy) is 1. The van der Waals surface area contributed by atoms with E-state index in [9.17, 15) is 4.39 Å². The Hall–Kier alpha value is -3.40. The first kappa shape index (κ1) is 18.0. The van der Waals surface area contributed by atoms with Crippen LogP contribution in [0.15, 0.2) is 72.8 Å². The Labute approximate surface area is 164 Å². The number of fused-ring (bicyclic) bond motifs is 1. The van der Waals surface area contributed by atoms with Gasteiger partial charge in [0, 0.05) is 30.7 Å². The standard InChI is InChI=1S/C24H21FN2O/c1-27(2)24-15-23(18-5-4-6-19(25)13-18)26-22-12-9-17(14-21(22)24)16-7-10-20(28-3)11-8-16/h4-15H,1-3H3. The zero-order valence-corrected chi connectivity index (χ0v) is 16.1. The lowest BCUT2D eigenvalue weighted by Gasteiger charge is -2.18. The smallest absolute Gasteiger partial charge is 0.123 e. The van der Waals surface area contributed by atoms with E-state index in [0.717, 1.165) is 44.7 Å². The number of nitrogens with zero attached hydrogens (tertiary/aromatic N) is 2. The first-order valence-electron chi connectivity index (χ1n) is 9.07. The molecule has 0 aliphatic carbocycles. The number of hydrogen-bond acceptors (Lipinski definition) is 3. The molecule has 0 fully saturated rings. The van der Waals surface area contributed by atoms with Gasteiger partial charge in [0.15, 0.2) is 0 Å². The second-order valence-electron chi connectivity index (χ2n) is 6.89. The number of halogens is 1. The van der Waals surface area contributed by atoms with Crippen LogP contribution in [0.4, 0.5) is 10.1 Å². The van der Waals surface area contributed by atoms with E-state index in [1.807, 2.05) is 56.6 Å². The molecule has 0 aliphatic rings. The van der Waals surface area contributed by atoms with Crippen LogP contribution in [-0.2, 0) is 0 Å². The highest BCUT2D eigenvalue weighted by Crippen LogP contribution is 2.33. The van der Waals surface area contributed by atoms with Gasteiger partial charge in [-0.05, 0) is 53.6 Å². The van der Waals surface area contributed by atoms with E-state index in [-0.39, 0.29) is 5.82 Å². The highest BCUT2D eigenvalue weighted by Gasteiger charge is 2.11. The SMILES string of the molecule is COc1ccc(-c2ccc3nc(-c4cccc(F)c4)cc(N(C)C)c3c2)cc1. The van der Waals surface area contributed by atoms with E-state index in [0.29, 0.717) is 0 Å². The molecule has 0 saturated heterocycles. The maximum atomic E-state index is 13.7. The molecule has 0 unspecified atom stereocenters. The van der Waals surface area contributed by atoms with Gasteiger partial charge in [-0.2, -0.15) is 0 Å². The largest absolute Gasteiger partial charge is 0.497 e. The summed E-state index contributed by atoms with van der Waals surface area (Å²) in [7, 11) is 5.67. The van der Waals surface area contributed by atoms with Crippen molar-refractivity contribution in [2.45, 2.75) is 0 Å². The van der Waals surface area contributed by atoms with E-state index >= 15 is 0 Å². The van der Waals surface area contributed by atoms with E-state index in [1.165, 1.54) is 12.1 Å². The minimum Gasteiger partial charge on any atom is -0.497 e. The highest BCUT2D eigenvalue weighted by atomic mass is 19.1. The van der Waals surface area contributed by atoms with Crippen LogP contribution in [0.2, 0.25) is 0 Å².